The summed E-state index contributed by atoms with van der Waals surface area (Å²) in [6.45, 7) is 0. The topological polar surface area (TPSA) is 79.9 Å². The number of rotatable bonds is 6. The monoisotopic (exact) mass is 488 g/mol. The normalized spacial score (nSPS) is 11.1. The molecule has 0 unspecified atom stereocenters. The van der Waals surface area contributed by atoms with Crippen molar-refractivity contribution in [2.24, 2.45) is 0 Å². The standard InChI is InChI=1S/C26H18Cl2N4O2/c1-34-24-12-11-21(28)14-23(24)30-26(33)18(15-29)13-19-16-32(22-5-3-2-4-6-22)31-25(19)17-7-9-20(27)10-8-17/h2-14,16H,1H3,(H,30,33)/b18-13-. The first-order chi connectivity index (χ1) is 16.5. The van der Waals surface area contributed by atoms with Gasteiger partial charge in [-0.05, 0) is 48.5 Å². The third-order valence-corrected chi connectivity index (χ3v) is 5.44. The summed E-state index contributed by atoms with van der Waals surface area (Å²) in [6.07, 6.45) is 3.27. The number of benzene rings is 3. The molecule has 0 atom stereocenters. The van der Waals surface area contributed by atoms with Gasteiger partial charge in [0.25, 0.3) is 5.91 Å². The number of aromatic nitrogens is 2. The van der Waals surface area contributed by atoms with Gasteiger partial charge in [-0.3, -0.25) is 4.79 Å². The zero-order valence-electron chi connectivity index (χ0n) is 18.0. The number of nitriles is 1. The molecular weight excluding hydrogens is 471 g/mol. The molecule has 0 aliphatic heterocycles. The van der Waals surface area contributed by atoms with Crippen molar-refractivity contribution < 1.29 is 9.53 Å². The minimum atomic E-state index is -0.599. The van der Waals surface area contributed by atoms with Crippen LogP contribution in [0.15, 0.2) is 84.6 Å². The highest BCUT2D eigenvalue weighted by Crippen LogP contribution is 2.29. The predicted molar refractivity (Wildman–Crippen MR) is 134 cm³/mol. The van der Waals surface area contributed by atoms with Gasteiger partial charge in [-0.2, -0.15) is 10.4 Å². The van der Waals surface area contributed by atoms with E-state index in [4.69, 9.17) is 33.0 Å². The number of carbonyl (C=O) groups excluding carboxylic acids is 1. The van der Waals surface area contributed by atoms with Crippen LogP contribution in [0.4, 0.5) is 5.69 Å². The molecule has 1 N–H and O–H groups in total. The van der Waals surface area contributed by atoms with Crippen molar-refractivity contribution in [3.63, 3.8) is 0 Å². The Morgan fingerprint density at radius 1 is 1.06 bits per heavy atom. The first kappa shape index (κ1) is 23.1. The SMILES string of the molecule is COc1ccc(Cl)cc1NC(=O)/C(C#N)=C\c1cn(-c2ccccc2)nc1-c1ccc(Cl)cc1. The van der Waals surface area contributed by atoms with E-state index in [1.54, 1.807) is 41.2 Å². The average molecular weight is 489 g/mol. The number of anilines is 1. The first-order valence-corrected chi connectivity index (χ1v) is 10.9. The number of carbonyl (C=O) groups is 1. The molecule has 0 saturated carbocycles. The predicted octanol–water partition coefficient (Wildman–Crippen LogP) is 6.40. The molecular formula is C26H18Cl2N4O2. The van der Waals surface area contributed by atoms with E-state index in [9.17, 15) is 10.1 Å². The molecule has 0 fully saturated rings. The third-order valence-electron chi connectivity index (χ3n) is 4.96. The van der Waals surface area contributed by atoms with E-state index in [1.807, 2.05) is 48.5 Å². The summed E-state index contributed by atoms with van der Waals surface area (Å²) in [6, 6.07) is 23.5. The fraction of sp³-hybridized carbons (Fsp3) is 0.0385. The Hall–Kier alpha value is -4.05. The molecule has 34 heavy (non-hydrogen) atoms. The number of amides is 1. The van der Waals surface area contributed by atoms with E-state index in [0.29, 0.717) is 32.7 Å². The molecule has 0 aliphatic rings. The second-order valence-electron chi connectivity index (χ2n) is 7.19. The molecule has 8 heteroatoms. The van der Waals surface area contributed by atoms with Gasteiger partial charge in [0.15, 0.2) is 0 Å². The summed E-state index contributed by atoms with van der Waals surface area (Å²) in [7, 11) is 1.48. The van der Waals surface area contributed by atoms with Gasteiger partial charge in [-0.15, -0.1) is 0 Å². The summed E-state index contributed by atoms with van der Waals surface area (Å²) >= 11 is 12.1. The Balaban J connectivity index is 1.75. The van der Waals surface area contributed by atoms with Crippen LogP contribution in [-0.2, 0) is 4.79 Å². The van der Waals surface area contributed by atoms with Gasteiger partial charge in [0, 0.05) is 27.4 Å². The lowest BCUT2D eigenvalue weighted by atomic mass is 10.1. The minimum absolute atomic E-state index is 0.107. The highest BCUT2D eigenvalue weighted by Gasteiger charge is 2.17. The van der Waals surface area contributed by atoms with E-state index < -0.39 is 5.91 Å². The maximum atomic E-state index is 13.0. The van der Waals surface area contributed by atoms with Crippen molar-refractivity contribution in [2.45, 2.75) is 0 Å². The second kappa shape index (κ2) is 10.3. The van der Waals surface area contributed by atoms with Crippen LogP contribution in [-0.4, -0.2) is 22.8 Å². The van der Waals surface area contributed by atoms with Gasteiger partial charge in [0.05, 0.1) is 24.2 Å². The third kappa shape index (κ3) is 5.12. The van der Waals surface area contributed by atoms with Gasteiger partial charge in [0.2, 0.25) is 0 Å². The van der Waals surface area contributed by atoms with Crippen LogP contribution in [0.3, 0.4) is 0 Å². The quantitative estimate of drug-likeness (QED) is 0.251. The Morgan fingerprint density at radius 2 is 1.76 bits per heavy atom. The lowest BCUT2D eigenvalue weighted by Crippen LogP contribution is -2.14. The Bertz CT molecular complexity index is 1410. The zero-order valence-corrected chi connectivity index (χ0v) is 19.5. The van der Waals surface area contributed by atoms with Crippen LogP contribution in [0.25, 0.3) is 23.0 Å². The first-order valence-electron chi connectivity index (χ1n) is 10.2. The second-order valence-corrected chi connectivity index (χ2v) is 8.06. The van der Waals surface area contributed by atoms with Gasteiger partial charge >= 0.3 is 0 Å². The van der Waals surface area contributed by atoms with Crippen molar-refractivity contribution in [2.75, 3.05) is 12.4 Å². The van der Waals surface area contributed by atoms with Crippen molar-refractivity contribution in [1.82, 2.24) is 9.78 Å². The lowest BCUT2D eigenvalue weighted by Gasteiger charge is -2.10. The Morgan fingerprint density at radius 3 is 2.44 bits per heavy atom. The molecule has 1 aromatic heterocycles. The van der Waals surface area contributed by atoms with Crippen LogP contribution in [0.1, 0.15) is 5.56 Å². The van der Waals surface area contributed by atoms with Gasteiger partial charge in [-0.25, -0.2) is 4.68 Å². The van der Waals surface area contributed by atoms with E-state index in [1.165, 1.54) is 13.2 Å². The molecule has 0 aliphatic carbocycles. The number of ether oxygens (including phenoxy) is 1. The number of nitrogens with zero attached hydrogens (tertiary/aromatic N) is 3. The zero-order chi connectivity index (χ0) is 24.1. The summed E-state index contributed by atoms with van der Waals surface area (Å²) < 4.78 is 6.97. The summed E-state index contributed by atoms with van der Waals surface area (Å²) in [5.41, 5.74) is 3.07. The molecule has 0 radical (unpaired) electrons. The summed E-state index contributed by atoms with van der Waals surface area (Å²) in [5, 5.41) is 18.2. The molecule has 6 nitrogen and oxygen atoms in total. The van der Waals surface area contributed by atoms with Crippen LogP contribution in [0.2, 0.25) is 10.0 Å². The minimum Gasteiger partial charge on any atom is -0.495 e. The number of para-hydroxylation sites is 1. The molecule has 3 aromatic carbocycles. The molecule has 0 bridgehead atoms. The maximum absolute atomic E-state index is 13.0. The lowest BCUT2D eigenvalue weighted by molar-refractivity contribution is -0.112. The smallest absolute Gasteiger partial charge is 0.266 e. The van der Waals surface area contributed by atoms with E-state index in [-0.39, 0.29) is 5.57 Å². The number of halogens is 2. The summed E-state index contributed by atoms with van der Waals surface area (Å²) in [5.74, 6) is -0.175. The van der Waals surface area contributed by atoms with Gasteiger partial charge in [-0.1, -0.05) is 53.5 Å². The van der Waals surface area contributed by atoms with Gasteiger partial charge in [0.1, 0.15) is 17.4 Å². The summed E-state index contributed by atoms with van der Waals surface area (Å²) in [4.78, 5) is 13.0. The van der Waals surface area contributed by atoms with Crippen LogP contribution < -0.4 is 10.1 Å². The number of methoxy groups -OCH3 is 1. The van der Waals surface area contributed by atoms with Crippen molar-refractivity contribution in [3.05, 3.63) is 100 Å². The van der Waals surface area contributed by atoms with Crippen LogP contribution in [0, 0.1) is 11.3 Å². The van der Waals surface area contributed by atoms with E-state index in [0.717, 1.165) is 11.3 Å². The number of nitrogens with one attached hydrogen (secondary N) is 1. The molecule has 1 heterocycles. The molecule has 168 valence electrons. The highest BCUT2D eigenvalue weighted by molar-refractivity contribution is 6.31. The van der Waals surface area contributed by atoms with E-state index >= 15 is 0 Å². The average Bonchev–Trinajstić information content (AvgIpc) is 3.27. The van der Waals surface area contributed by atoms with Crippen molar-refractivity contribution in [3.8, 4) is 28.8 Å². The fourth-order valence-corrected chi connectivity index (χ4v) is 3.61. The number of hydrogen-bond acceptors (Lipinski definition) is 4. The maximum Gasteiger partial charge on any atom is 0.266 e. The molecule has 1 amide bonds. The van der Waals surface area contributed by atoms with Crippen LogP contribution >= 0.6 is 23.2 Å². The Kier molecular flexibility index (Phi) is 6.98. The molecule has 0 spiro atoms. The molecule has 0 saturated heterocycles. The number of hydrogen-bond donors (Lipinski definition) is 1. The van der Waals surface area contributed by atoms with Crippen molar-refractivity contribution in [1.29, 1.82) is 5.26 Å². The van der Waals surface area contributed by atoms with Crippen molar-refractivity contribution >= 4 is 40.9 Å². The van der Waals surface area contributed by atoms with E-state index in [2.05, 4.69) is 5.32 Å². The fourth-order valence-electron chi connectivity index (χ4n) is 3.31. The van der Waals surface area contributed by atoms with Gasteiger partial charge < -0.3 is 10.1 Å². The Labute approximate surface area is 206 Å². The molecule has 4 aromatic rings. The highest BCUT2D eigenvalue weighted by atomic mass is 35.5. The largest absolute Gasteiger partial charge is 0.495 e. The molecule has 4 rings (SSSR count). The van der Waals surface area contributed by atoms with Crippen LogP contribution in [0.5, 0.6) is 5.75 Å².